The van der Waals surface area contributed by atoms with Gasteiger partial charge in [-0.25, -0.2) is 4.98 Å². The number of nitrogens with zero attached hydrogens (tertiary/aromatic N) is 1. The van der Waals surface area contributed by atoms with Crippen molar-refractivity contribution in [2.45, 2.75) is 13.1 Å². The van der Waals surface area contributed by atoms with Gasteiger partial charge in [-0.3, -0.25) is 0 Å². The highest BCUT2D eigenvalue weighted by Crippen LogP contribution is 2.33. The van der Waals surface area contributed by atoms with E-state index in [-0.39, 0.29) is 11.4 Å². The van der Waals surface area contributed by atoms with Gasteiger partial charge in [0.15, 0.2) is 5.58 Å². The number of aryl methyl sites for hydroxylation is 1. The zero-order valence-electron chi connectivity index (χ0n) is 11.0. The summed E-state index contributed by atoms with van der Waals surface area (Å²) in [6, 6.07) is 8.42. The third kappa shape index (κ3) is 2.44. The van der Waals surface area contributed by atoms with Gasteiger partial charge in [0.2, 0.25) is 5.89 Å². The van der Waals surface area contributed by atoms with Crippen LogP contribution in [-0.2, 0) is 6.18 Å². The normalized spacial score (nSPS) is 12.0. The first kappa shape index (κ1) is 13.5. The minimum atomic E-state index is -4.40. The molecule has 0 bridgehead atoms. The van der Waals surface area contributed by atoms with Crippen molar-refractivity contribution in [2.75, 3.05) is 5.73 Å². The van der Waals surface area contributed by atoms with Crippen LogP contribution in [0.25, 0.3) is 22.6 Å². The second kappa shape index (κ2) is 4.51. The highest BCUT2D eigenvalue weighted by atomic mass is 19.4. The van der Waals surface area contributed by atoms with Gasteiger partial charge in [-0.1, -0.05) is 0 Å². The minimum absolute atomic E-state index is 0.177. The number of anilines is 1. The van der Waals surface area contributed by atoms with Gasteiger partial charge < -0.3 is 10.2 Å². The Labute approximate surface area is 118 Å². The van der Waals surface area contributed by atoms with Crippen LogP contribution in [0.15, 0.2) is 40.8 Å². The molecule has 0 aliphatic rings. The molecule has 0 spiro atoms. The molecule has 3 nitrogen and oxygen atoms in total. The lowest BCUT2D eigenvalue weighted by molar-refractivity contribution is -0.137. The number of fused-ring (bicyclic) bond motifs is 1. The minimum Gasteiger partial charge on any atom is -0.436 e. The Hall–Kier alpha value is -2.50. The van der Waals surface area contributed by atoms with Crippen molar-refractivity contribution in [3.05, 3.63) is 47.5 Å². The van der Waals surface area contributed by atoms with E-state index in [9.17, 15) is 13.2 Å². The van der Waals surface area contributed by atoms with Crippen LogP contribution >= 0.6 is 0 Å². The lowest BCUT2D eigenvalue weighted by Gasteiger charge is -2.04. The predicted molar refractivity (Wildman–Crippen MR) is 73.6 cm³/mol. The number of oxazole rings is 1. The molecular weight excluding hydrogens is 281 g/mol. The topological polar surface area (TPSA) is 52.0 Å². The molecule has 6 heteroatoms. The summed E-state index contributed by atoms with van der Waals surface area (Å²) < 4.78 is 43.6. The Morgan fingerprint density at radius 2 is 1.86 bits per heavy atom. The average Bonchev–Trinajstić information content (AvgIpc) is 2.79. The standard InChI is InChI=1S/C15H11F3N2O/c1-8-6-10(19)3-4-11(8)14-20-12-7-9(15(16,17)18)2-5-13(12)21-14/h2-7H,19H2,1H3. The van der Waals surface area contributed by atoms with Crippen LogP contribution in [-0.4, -0.2) is 4.98 Å². The summed E-state index contributed by atoms with van der Waals surface area (Å²) in [6.45, 7) is 1.84. The molecule has 2 aromatic carbocycles. The molecule has 2 N–H and O–H groups in total. The summed E-state index contributed by atoms with van der Waals surface area (Å²) in [5.41, 5.74) is 7.57. The molecule has 0 atom stereocenters. The quantitative estimate of drug-likeness (QED) is 0.676. The molecule has 0 aliphatic carbocycles. The van der Waals surface area contributed by atoms with Crippen molar-refractivity contribution in [2.24, 2.45) is 0 Å². The first-order valence-corrected chi connectivity index (χ1v) is 6.19. The number of hydrogen-bond donors (Lipinski definition) is 1. The van der Waals surface area contributed by atoms with Crippen LogP contribution in [0, 0.1) is 6.92 Å². The van der Waals surface area contributed by atoms with Gasteiger partial charge in [-0.2, -0.15) is 13.2 Å². The number of alkyl halides is 3. The highest BCUT2D eigenvalue weighted by Gasteiger charge is 2.31. The fourth-order valence-corrected chi connectivity index (χ4v) is 2.15. The predicted octanol–water partition coefficient (Wildman–Crippen LogP) is 4.40. The van der Waals surface area contributed by atoms with E-state index in [0.29, 0.717) is 16.8 Å². The molecule has 3 rings (SSSR count). The number of benzene rings is 2. The van der Waals surface area contributed by atoms with E-state index in [1.54, 1.807) is 18.2 Å². The molecule has 0 saturated heterocycles. The number of nitrogens with two attached hydrogens (primary N) is 1. The number of halogens is 3. The Morgan fingerprint density at radius 3 is 2.52 bits per heavy atom. The summed E-state index contributed by atoms with van der Waals surface area (Å²) in [5.74, 6) is 0.279. The molecule has 0 unspecified atom stereocenters. The van der Waals surface area contributed by atoms with E-state index in [1.165, 1.54) is 6.07 Å². The van der Waals surface area contributed by atoms with Crippen molar-refractivity contribution in [3.8, 4) is 11.5 Å². The lowest BCUT2D eigenvalue weighted by Crippen LogP contribution is -2.03. The molecule has 0 aliphatic heterocycles. The van der Waals surface area contributed by atoms with Gasteiger partial charge in [0, 0.05) is 11.3 Å². The molecule has 1 aromatic heterocycles. The number of hydrogen-bond acceptors (Lipinski definition) is 3. The zero-order chi connectivity index (χ0) is 15.2. The number of rotatable bonds is 1. The molecule has 108 valence electrons. The van der Waals surface area contributed by atoms with Crippen molar-refractivity contribution < 1.29 is 17.6 Å². The highest BCUT2D eigenvalue weighted by molar-refractivity contribution is 5.78. The van der Waals surface area contributed by atoms with Gasteiger partial charge >= 0.3 is 6.18 Å². The molecule has 3 aromatic rings. The largest absolute Gasteiger partial charge is 0.436 e. The SMILES string of the molecule is Cc1cc(N)ccc1-c1nc2cc(C(F)(F)F)ccc2o1. The summed E-state index contributed by atoms with van der Waals surface area (Å²) in [5, 5.41) is 0. The van der Waals surface area contributed by atoms with Crippen molar-refractivity contribution in [1.82, 2.24) is 4.98 Å². The van der Waals surface area contributed by atoms with E-state index in [1.807, 2.05) is 6.92 Å². The average molecular weight is 292 g/mol. The molecule has 0 radical (unpaired) electrons. The zero-order valence-corrected chi connectivity index (χ0v) is 11.0. The fraction of sp³-hybridized carbons (Fsp3) is 0.133. The van der Waals surface area contributed by atoms with Crippen LogP contribution in [0.1, 0.15) is 11.1 Å². The molecular formula is C15H11F3N2O. The second-order valence-electron chi connectivity index (χ2n) is 4.77. The number of nitrogen functional groups attached to an aromatic ring is 1. The molecule has 0 fully saturated rings. The maximum atomic E-state index is 12.7. The molecule has 0 saturated carbocycles. The van der Waals surface area contributed by atoms with Gasteiger partial charge in [-0.15, -0.1) is 0 Å². The smallest absolute Gasteiger partial charge is 0.416 e. The van der Waals surface area contributed by atoms with Gasteiger partial charge in [0.25, 0.3) is 0 Å². The summed E-state index contributed by atoms with van der Waals surface area (Å²) in [4.78, 5) is 4.14. The summed E-state index contributed by atoms with van der Waals surface area (Å²) in [6.07, 6.45) is -4.40. The fourth-order valence-electron chi connectivity index (χ4n) is 2.15. The Balaban J connectivity index is 2.13. The van der Waals surface area contributed by atoms with E-state index in [2.05, 4.69) is 4.98 Å². The van der Waals surface area contributed by atoms with Crippen molar-refractivity contribution >= 4 is 16.8 Å². The van der Waals surface area contributed by atoms with Gasteiger partial charge in [0.05, 0.1) is 5.56 Å². The Morgan fingerprint density at radius 1 is 1.10 bits per heavy atom. The van der Waals surface area contributed by atoms with E-state index in [0.717, 1.165) is 17.7 Å². The monoisotopic (exact) mass is 292 g/mol. The lowest BCUT2D eigenvalue weighted by atomic mass is 10.1. The Bertz CT molecular complexity index is 821. The van der Waals surface area contributed by atoms with Gasteiger partial charge in [0.1, 0.15) is 5.52 Å². The summed E-state index contributed by atoms with van der Waals surface area (Å²) in [7, 11) is 0. The molecule has 21 heavy (non-hydrogen) atoms. The van der Waals surface area contributed by atoms with Gasteiger partial charge in [-0.05, 0) is 48.9 Å². The van der Waals surface area contributed by atoms with Crippen LogP contribution in [0.2, 0.25) is 0 Å². The third-order valence-corrected chi connectivity index (χ3v) is 3.20. The molecule has 0 amide bonds. The van der Waals surface area contributed by atoms with Crippen molar-refractivity contribution in [3.63, 3.8) is 0 Å². The molecule has 1 heterocycles. The summed E-state index contributed by atoms with van der Waals surface area (Å²) >= 11 is 0. The van der Waals surface area contributed by atoms with Crippen molar-refractivity contribution in [1.29, 1.82) is 0 Å². The maximum Gasteiger partial charge on any atom is 0.416 e. The van der Waals surface area contributed by atoms with Crippen LogP contribution < -0.4 is 5.73 Å². The first-order chi connectivity index (χ1) is 9.84. The maximum absolute atomic E-state index is 12.7. The van der Waals surface area contributed by atoms with E-state index in [4.69, 9.17) is 10.2 Å². The third-order valence-electron chi connectivity index (χ3n) is 3.20. The Kier molecular flexibility index (Phi) is 2.90. The van der Waals surface area contributed by atoms with Crippen LogP contribution in [0.4, 0.5) is 18.9 Å². The number of aromatic nitrogens is 1. The second-order valence-corrected chi connectivity index (χ2v) is 4.77. The van der Waals surface area contributed by atoms with Crippen LogP contribution in [0.5, 0.6) is 0 Å². The van der Waals surface area contributed by atoms with E-state index < -0.39 is 11.7 Å². The van der Waals surface area contributed by atoms with Crippen LogP contribution in [0.3, 0.4) is 0 Å². The van der Waals surface area contributed by atoms with E-state index >= 15 is 0 Å². The first-order valence-electron chi connectivity index (χ1n) is 6.19.